The van der Waals surface area contributed by atoms with Gasteiger partial charge >= 0.3 is 0 Å². The molecule has 0 aliphatic rings. The first-order valence-corrected chi connectivity index (χ1v) is 4.97. The molecule has 1 atom stereocenters. The Hall–Kier alpha value is -0.600. The van der Waals surface area contributed by atoms with Crippen molar-refractivity contribution in [3.8, 4) is 6.07 Å². The van der Waals surface area contributed by atoms with Crippen molar-refractivity contribution in [1.29, 1.82) is 5.26 Å². The van der Waals surface area contributed by atoms with E-state index in [1.54, 1.807) is 6.07 Å². The quantitative estimate of drug-likeness (QED) is 0.666. The molecule has 5 heteroatoms. The minimum absolute atomic E-state index is 0.397. The highest BCUT2D eigenvalue weighted by molar-refractivity contribution is 7.90. The molecule has 0 amide bonds. The van der Waals surface area contributed by atoms with Gasteiger partial charge in [-0.1, -0.05) is 6.92 Å². The summed E-state index contributed by atoms with van der Waals surface area (Å²) in [5.41, 5.74) is 0. The Morgan fingerprint density at radius 3 is 2.55 bits per heavy atom. The van der Waals surface area contributed by atoms with Crippen molar-refractivity contribution in [2.24, 2.45) is 0 Å². The van der Waals surface area contributed by atoms with Crippen LogP contribution in [0.4, 0.5) is 0 Å². The molecule has 11 heavy (non-hydrogen) atoms. The normalized spacial score (nSPS) is 13.9. The highest BCUT2D eigenvalue weighted by atomic mass is 32.2. The summed E-state index contributed by atoms with van der Waals surface area (Å²) in [6.45, 7) is 3.62. The zero-order valence-corrected chi connectivity index (χ0v) is 7.48. The summed E-state index contributed by atoms with van der Waals surface area (Å²) in [4.78, 5) is 0. The summed E-state index contributed by atoms with van der Waals surface area (Å²) in [7, 11) is -3.38. The van der Waals surface area contributed by atoms with E-state index in [-0.39, 0.29) is 0 Å². The molecule has 0 bridgehead atoms. The van der Waals surface area contributed by atoms with Gasteiger partial charge in [0, 0.05) is 6.54 Å². The second-order valence-corrected chi connectivity index (χ2v) is 4.30. The fourth-order valence-corrected chi connectivity index (χ4v) is 1.32. The second-order valence-electron chi connectivity index (χ2n) is 2.21. The smallest absolute Gasteiger partial charge is 0.214 e. The minimum Gasteiger partial charge on any atom is -0.214 e. The lowest BCUT2D eigenvalue weighted by Gasteiger charge is -2.05. The fourth-order valence-electron chi connectivity index (χ4n) is 0.439. The van der Waals surface area contributed by atoms with E-state index in [2.05, 4.69) is 4.72 Å². The molecule has 0 rings (SSSR count). The molecule has 0 aromatic rings. The van der Waals surface area contributed by atoms with Gasteiger partial charge in [0.2, 0.25) is 10.0 Å². The van der Waals surface area contributed by atoms with Crippen LogP contribution >= 0.6 is 0 Å². The monoisotopic (exact) mass is 176 g/mol. The predicted octanol–water partition coefficient (Wildman–Crippen LogP) is 0.228. The summed E-state index contributed by atoms with van der Waals surface area (Å²) in [5, 5.41) is 7.34. The summed E-state index contributed by atoms with van der Waals surface area (Å²) >= 11 is 0. The number of hydrogen-bond acceptors (Lipinski definition) is 3. The van der Waals surface area contributed by atoms with Gasteiger partial charge in [0.25, 0.3) is 0 Å². The van der Waals surface area contributed by atoms with Crippen molar-refractivity contribution in [1.82, 2.24) is 4.72 Å². The number of hydrogen-bond donors (Lipinski definition) is 1. The van der Waals surface area contributed by atoms with Gasteiger partial charge in [-0.3, -0.25) is 0 Å². The minimum atomic E-state index is -3.38. The SMILES string of the molecule is CCCNS(=O)(=O)C(C)C#N. The van der Waals surface area contributed by atoms with E-state index in [1.807, 2.05) is 6.92 Å². The molecule has 0 aliphatic carbocycles. The molecule has 0 aromatic carbocycles. The van der Waals surface area contributed by atoms with E-state index in [0.29, 0.717) is 6.54 Å². The van der Waals surface area contributed by atoms with Crippen molar-refractivity contribution in [2.45, 2.75) is 25.5 Å². The number of nitrogens with zero attached hydrogens (tertiary/aromatic N) is 1. The number of nitrogens with one attached hydrogen (secondary N) is 1. The molecule has 0 aliphatic heterocycles. The molecule has 0 fully saturated rings. The molecule has 0 heterocycles. The standard InChI is InChI=1S/C6H12N2O2S/c1-3-4-8-11(9,10)6(2)5-7/h6,8H,3-4H2,1-2H3. The van der Waals surface area contributed by atoms with Gasteiger partial charge in [0.05, 0.1) is 6.07 Å². The van der Waals surface area contributed by atoms with E-state index in [0.717, 1.165) is 6.42 Å². The second kappa shape index (κ2) is 4.31. The van der Waals surface area contributed by atoms with Crippen LogP contribution in [0, 0.1) is 11.3 Å². The third kappa shape index (κ3) is 3.35. The molecular weight excluding hydrogens is 164 g/mol. The van der Waals surface area contributed by atoms with Crippen LogP contribution in [-0.4, -0.2) is 20.2 Å². The molecule has 1 unspecified atom stereocenters. The number of sulfonamides is 1. The first-order chi connectivity index (χ1) is 5.04. The van der Waals surface area contributed by atoms with Crippen LogP contribution in [0.1, 0.15) is 20.3 Å². The molecule has 0 saturated heterocycles. The third-order valence-electron chi connectivity index (χ3n) is 1.20. The van der Waals surface area contributed by atoms with Gasteiger partial charge < -0.3 is 0 Å². The van der Waals surface area contributed by atoms with Crippen LogP contribution in [-0.2, 0) is 10.0 Å². The van der Waals surface area contributed by atoms with E-state index >= 15 is 0 Å². The van der Waals surface area contributed by atoms with Gasteiger partial charge in [-0.2, -0.15) is 5.26 Å². The lowest BCUT2D eigenvalue weighted by molar-refractivity contribution is 0.576. The van der Waals surface area contributed by atoms with E-state index in [1.165, 1.54) is 6.92 Å². The maximum Gasteiger partial charge on any atom is 0.227 e. The number of rotatable bonds is 4. The zero-order chi connectivity index (χ0) is 8.91. The largest absolute Gasteiger partial charge is 0.227 e. The maximum atomic E-state index is 11.0. The Morgan fingerprint density at radius 1 is 1.64 bits per heavy atom. The van der Waals surface area contributed by atoms with Crippen LogP contribution < -0.4 is 4.72 Å². The van der Waals surface area contributed by atoms with Gasteiger partial charge in [0.15, 0.2) is 5.25 Å². The molecule has 0 spiro atoms. The van der Waals surface area contributed by atoms with Crippen LogP contribution in [0.2, 0.25) is 0 Å². The molecule has 4 nitrogen and oxygen atoms in total. The van der Waals surface area contributed by atoms with Crippen LogP contribution in [0.25, 0.3) is 0 Å². The summed E-state index contributed by atoms with van der Waals surface area (Å²) in [6.07, 6.45) is 0.734. The Bertz CT molecular complexity index is 240. The molecule has 0 saturated carbocycles. The Morgan fingerprint density at radius 2 is 2.18 bits per heavy atom. The summed E-state index contributed by atoms with van der Waals surface area (Å²) in [5.74, 6) is 0. The van der Waals surface area contributed by atoms with Crippen molar-refractivity contribution >= 4 is 10.0 Å². The van der Waals surface area contributed by atoms with Crippen molar-refractivity contribution in [3.63, 3.8) is 0 Å². The van der Waals surface area contributed by atoms with Gasteiger partial charge in [-0.05, 0) is 13.3 Å². The first kappa shape index (κ1) is 10.4. The topological polar surface area (TPSA) is 70.0 Å². The average molecular weight is 176 g/mol. The molecule has 0 radical (unpaired) electrons. The average Bonchev–Trinajstić information content (AvgIpc) is 1.99. The zero-order valence-electron chi connectivity index (χ0n) is 6.66. The lowest BCUT2D eigenvalue weighted by Crippen LogP contribution is -2.32. The first-order valence-electron chi connectivity index (χ1n) is 3.42. The summed E-state index contributed by atoms with van der Waals surface area (Å²) in [6, 6.07) is 1.66. The Kier molecular flexibility index (Phi) is 4.08. The lowest BCUT2D eigenvalue weighted by atomic mass is 10.5. The van der Waals surface area contributed by atoms with E-state index in [4.69, 9.17) is 5.26 Å². The van der Waals surface area contributed by atoms with Crippen LogP contribution in [0.5, 0.6) is 0 Å². The van der Waals surface area contributed by atoms with Gasteiger partial charge in [-0.15, -0.1) is 0 Å². The van der Waals surface area contributed by atoms with Crippen LogP contribution in [0.3, 0.4) is 0 Å². The molecule has 64 valence electrons. The Labute approximate surface area is 67.3 Å². The maximum absolute atomic E-state index is 11.0. The van der Waals surface area contributed by atoms with Crippen molar-refractivity contribution in [3.05, 3.63) is 0 Å². The summed E-state index contributed by atoms with van der Waals surface area (Å²) < 4.78 is 24.3. The molecular formula is C6H12N2O2S. The van der Waals surface area contributed by atoms with E-state index in [9.17, 15) is 8.42 Å². The molecule has 0 aromatic heterocycles. The highest BCUT2D eigenvalue weighted by Gasteiger charge is 2.18. The number of nitriles is 1. The Balaban J connectivity index is 4.15. The highest BCUT2D eigenvalue weighted by Crippen LogP contribution is 1.95. The third-order valence-corrected chi connectivity index (χ3v) is 2.84. The van der Waals surface area contributed by atoms with Gasteiger partial charge in [-0.25, -0.2) is 13.1 Å². The van der Waals surface area contributed by atoms with Crippen LogP contribution in [0.15, 0.2) is 0 Å². The van der Waals surface area contributed by atoms with E-state index < -0.39 is 15.3 Å². The van der Waals surface area contributed by atoms with Crippen molar-refractivity contribution in [2.75, 3.05) is 6.54 Å². The van der Waals surface area contributed by atoms with Crippen molar-refractivity contribution < 1.29 is 8.42 Å². The van der Waals surface area contributed by atoms with Gasteiger partial charge in [0.1, 0.15) is 0 Å². The molecule has 1 N–H and O–H groups in total. The fraction of sp³-hybridized carbons (Fsp3) is 0.833. The predicted molar refractivity (Wildman–Crippen MR) is 42.3 cm³/mol.